The van der Waals surface area contributed by atoms with Crippen molar-refractivity contribution < 1.29 is 9.90 Å². The second-order valence-electron chi connectivity index (χ2n) is 5.95. The van der Waals surface area contributed by atoms with Gasteiger partial charge >= 0.3 is 0 Å². The second-order valence-corrected chi connectivity index (χ2v) is 5.95. The van der Waals surface area contributed by atoms with Crippen LogP contribution in [0.2, 0.25) is 0 Å². The Kier molecular flexibility index (Phi) is 4.84. The lowest BCUT2D eigenvalue weighted by molar-refractivity contribution is -0.131. The van der Waals surface area contributed by atoms with Crippen molar-refractivity contribution in [2.75, 3.05) is 36.8 Å². The van der Waals surface area contributed by atoms with Gasteiger partial charge in [-0.25, -0.2) is 4.98 Å². The molecule has 126 valence electrons. The van der Waals surface area contributed by atoms with Crippen LogP contribution in [0.1, 0.15) is 12.0 Å². The van der Waals surface area contributed by atoms with Crippen LogP contribution < -0.4 is 10.6 Å². The summed E-state index contributed by atoms with van der Waals surface area (Å²) in [6.07, 6.45) is 2.87. The Labute approximate surface area is 141 Å². The number of phenolic OH excluding ortho intramolecular Hbond substituents is 1. The van der Waals surface area contributed by atoms with Crippen LogP contribution in [0.15, 0.2) is 42.6 Å². The Hall–Kier alpha value is -2.76. The number of amides is 1. The van der Waals surface area contributed by atoms with Crippen molar-refractivity contribution in [2.24, 2.45) is 0 Å². The summed E-state index contributed by atoms with van der Waals surface area (Å²) in [5.41, 5.74) is 7.00. The molecule has 1 amide bonds. The molecule has 0 atom stereocenters. The van der Waals surface area contributed by atoms with Gasteiger partial charge in [0.05, 0.1) is 5.69 Å². The van der Waals surface area contributed by atoms with Crippen molar-refractivity contribution in [3.63, 3.8) is 0 Å². The zero-order chi connectivity index (χ0) is 16.9. The van der Waals surface area contributed by atoms with Crippen LogP contribution >= 0.6 is 0 Å². The first-order valence-electron chi connectivity index (χ1n) is 8.14. The third-order valence-corrected chi connectivity index (χ3v) is 4.33. The van der Waals surface area contributed by atoms with Crippen LogP contribution in [-0.4, -0.2) is 47.1 Å². The normalized spacial score (nSPS) is 14.7. The number of nitrogens with two attached hydrogens (primary N) is 1. The second kappa shape index (κ2) is 7.21. The van der Waals surface area contributed by atoms with Gasteiger partial charge in [0, 0.05) is 38.8 Å². The van der Waals surface area contributed by atoms with E-state index in [0.717, 1.165) is 24.5 Å². The number of piperazine rings is 1. The molecule has 3 N–H and O–H groups in total. The Morgan fingerprint density at radius 2 is 1.96 bits per heavy atom. The molecule has 6 heteroatoms. The van der Waals surface area contributed by atoms with E-state index in [1.165, 1.54) is 0 Å². The number of carbonyl (C=O) groups is 1. The topological polar surface area (TPSA) is 82.7 Å². The lowest BCUT2D eigenvalue weighted by Gasteiger charge is -2.35. The molecule has 1 fully saturated rings. The molecule has 0 radical (unpaired) electrons. The Morgan fingerprint density at radius 3 is 2.62 bits per heavy atom. The van der Waals surface area contributed by atoms with Crippen molar-refractivity contribution in [1.29, 1.82) is 0 Å². The van der Waals surface area contributed by atoms with E-state index < -0.39 is 0 Å². The van der Waals surface area contributed by atoms with Crippen molar-refractivity contribution >= 4 is 17.4 Å². The van der Waals surface area contributed by atoms with Gasteiger partial charge in [-0.3, -0.25) is 4.79 Å². The first-order chi connectivity index (χ1) is 11.6. The number of hydrogen-bond acceptors (Lipinski definition) is 5. The molecule has 1 saturated heterocycles. The van der Waals surface area contributed by atoms with Gasteiger partial charge in [0.2, 0.25) is 5.91 Å². The van der Waals surface area contributed by atoms with Gasteiger partial charge in [0.25, 0.3) is 0 Å². The SMILES string of the molecule is Nc1cc(CCC(=O)N2CCN(c3ccccn3)CC2)ccc1O. The Balaban J connectivity index is 1.49. The standard InChI is InChI=1S/C18H22N4O2/c19-15-13-14(4-6-16(15)23)5-7-18(24)22-11-9-21(10-12-22)17-3-1-2-8-20-17/h1-4,6,8,13,23H,5,7,9-12,19H2. The lowest BCUT2D eigenvalue weighted by atomic mass is 10.1. The van der Waals surface area contributed by atoms with Crippen LogP contribution in [-0.2, 0) is 11.2 Å². The molecule has 1 aromatic heterocycles. The maximum absolute atomic E-state index is 12.4. The van der Waals surface area contributed by atoms with Crippen molar-refractivity contribution in [2.45, 2.75) is 12.8 Å². The van der Waals surface area contributed by atoms with E-state index in [4.69, 9.17) is 5.73 Å². The maximum atomic E-state index is 12.4. The molecule has 0 spiro atoms. The minimum atomic E-state index is 0.0794. The molecule has 0 saturated carbocycles. The number of hydrogen-bond donors (Lipinski definition) is 2. The number of phenols is 1. The smallest absolute Gasteiger partial charge is 0.223 e. The quantitative estimate of drug-likeness (QED) is 0.659. The summed E-state index contributed by atoms with van der Waals surface area (Å²) in [6, 6.07) is 11.0. The molecular weight excluding hydrogens is 304 g/mol. The average Bonchev–Trinajstić information content (AvgIpc) is 2.63. The van der Waals surface area contributed by atoms with Crippen molar-refractivity contribution in [3.05, 3.63) is 48.2 Å². The van der Waals surface area contributed by atoms with Gasteiger partial charge in [0.1, 0.15) is 11.6 Å². The number of aryl methyl sites for hydroxylation is 1. The zero-order valence-corrected chi connectivity index (χ0v) is 13.6. The van der Waals surface area contributed by atoms with Gasteiger partial charge in [0.15, 0.2) is 0 Å². The van der Waals surface area contributed by atoms with Crippen LogP contribution in [0.4, 0.5) is 11.5 Å². The summed E-state index contributed by atoms with van der Waals surface area (Å²) in [5.74, 6) is 1.20. The molecule has 24 heavy (non-hydrogen) atoms. The number of nitrogen functional groups attached to an aromatic ring is 1. The van der Waals surface area contributed by atoms with Gasteiger partial charge in [-0.1, -0.05) is 12.1 Å². The first-order valence-corrected chi connectivity index (χ1v) is 8.14. The Bertz CT molecular complexity index is 697. The van der Waals surface area contributed by atoms with Crippen LogP contribution in [0.3, 0.4) is 0 Å². The fourth-order valence-corrected chi connectivity index (χ4v) is 2.89. The van der Waals surface area contributed by atoms with E-state index in [9.17, 15) is 9.90 Å². The van der Waals surface area contributed by atoms with Gasteiger partial charge < -0.3 is 20.6 Å². The van der Waals surface area contributed by atoms with Gasteiger partial charge in [-0.2, -0.15) is 0 Å². The summed E-state index contributed by atoms with van der Waals surface area (Å²) < 4.78 is 0. The van der Waals surface area contributed by atoms with Crippen LogP contribution in [0, 0.1) is 0 Å². The average molecular weight is 326 g/mol. The number of anilines is 2. The third kappa shape index (κ3) is 3.76. The van der Waals surface area contributed by atoms with Gasteiger partial charge in [-0.05, 0) is 36.2 Å². The molecule has 0 bridgehead atoms. The lowest BCUT2D eigenvalue weighted by Crippen LogP contribution is -2.49. The number of aromatic nitrogens is 1. The highest BCUT2D eigenvalue weighted by Gasteiger charge is 2.21. The molecule has 2 heterocycles. The largest absolute Gasteiger partial charge is 0.506 e. The fourth-order valence-electron chi connectivity index (χ4n) is 2.89. The van der Waals surface area contributed by atoms with E-state index in [1.54, 1.807) is 24.4 Å². The minimum absolute atomic E-state index is 0.0794. The van der Waals surface area contributed by atoms with Crippen LogP contribution in [0.5, 0.6) is 5.75 Å². The maximum Gasteiger partial charge on any atom is 0.223 e. The summed E-state index contributed by atoms with van der Waals surface area (Å²) >= 11 is 0. The number of benzene rings is 1. The van der Waals surface area contributed by atoms with E-state index in [1.807, 2.05) is 23.1 Å². The minimum Gasteiger partial charge on any atom is -0.506 e. The van der Waals surface area contributed by atoms with Crippen molar-refractivity contribution in [3.8, 4) is 5.75 Å². The molecule has 1 aliphatic heterocycles. The third-order valence-electron chi connectivity index (χ3n) is 4.33. The summed E-state index contributed by atoms with van der Waals surface area (Å²) in [4.78, 5) is 20.8. The number of nitrogens with zero attached hydrogens (tertiary/aromatic N) is 3. The highest BCUT2D eigenvalue weighted by atomic mass is 16.3. The first kappa shape index (κ1) is 16.1. The van der Waals surface area contributed by atoms with E-state index in [2.05, 4.69) is 9.88 Å². The molecule has 1 aromatic carbocycles. The van der Waals surface area contributed by atoms with E-state index >= 15 is 0 Å². The van der Waals surface area contributed by atoms with Crippen molar-refractivity contribution in [1.82, 2.24) is 9.88 Å². The number of pyridine rings is 1. The summed E-state index contributed by atoms with van der Waals surface area (Å²) in [5, 5.41) is 9.43. The van der Waals surface area contributed by atoms with E-state index in [0.29, 0.717) is 31.6 Å². The monoisotopic (exact) mass is 326 g/mol. The molecule has 2 aromatic rings. The summed E-state index contributed by atoms with van der Waals surface area (Å²) in [6.45, 7) is 3.03. The molecule has 1 aliphatic rings. The number of carbonyl (C=O) groups excluding carboxylic acids is 1. The Morgan fingerprint density at radius 1 is 1.17 bits per heavy atom. The number of aromatic hydroxyl groups is 1. The fraction of sp³-hybridized carbons (Fsp3) is 0.333. The predicted octanol–water partition coefficient (Wildman–Crippen LogP) is 1.65. The molecule has 6 nitrogen and oxygen atoms in total. The molecular formula is C18H22N4O2. The highest BCUT2D eigenvalue weighted by molar-refractivity contribution is 5.77. The van der Waals surface area contributed by atoms with Crippen LogP contribution in [0.25, 0.3) is 0 Å². The van der Waals surface area contributed by atoms with E-state index in [-0.39, 0.29) is 11.7 Å². The van der Waals surface area contributed by atoms with Gasteiger partial charge in [-0.15, -0.1) is 0 Å². The summed E-state index contributed by atoms with van der Waals surface area (Å²) in [7, 11) is 0. The predicted molar refractivity (Wildman–Crippen MR) is 93.9 cm³/mol. The molecule has 0 unspecified atom stereocenters. The number of rotatable bonds is 4. The zero-order valence-electron chi connectivity index (χ0n) is 13.6. The molecule has 0 aliphatic carbocycles. The highest BCUT2D eigenvalue weighted by Crippen LogP contribution is 2.21. The molecule has 3 rings (SSSR count).